The first-order valence-electron chi connectivity index (χ1n) is 9.01. The third-order valence-corrected chi connectivity index (χ3v) is 3.99. The molecular formula is C23H18F2N2O3. The highest BCUT2D eigenvalue weighted by atomic mass is 19.3. The zero-order chi connectivity index (χ0) is 21.3. The molecule has 0 atom stereocenters. The summed E-state index contributed by atoms with van der Waals surface area (Å²) in [6, 6.07) is 23.1. The molecule has 0 aliphatic rings. The topological polar surface area (TPSA) is 67.4 Å². The molecule has 7 heteroatoms. The summed E-state index contributed by atoms with van der Waals surface area (Å²) in [4.78, 5) is 25.7. The summed E-state index contributed by atoms with van der Waals surface area (Å²) in [7, 11) is 0. The summed E-state index contributed by atoms with van der Waals surface area (Å²) in [6.45, 7) is -3.04. The van der Waals surface area contributed by atoms with Gasteiger partial charge in [0.2, 0.25) is 0 Å². The van der Waals surface area contributed by atoms with Crippen molar-refractivity contribution in [1.82, 2.24) is 0 Å². The van der Waals surface area contributed by atoms with E-state index in [0.717, 1.165) is 0 Å². The highest BCUT2D eigenvalue weighted by Gasteiger charge is 2.20. The van der Waals surface area contributed by atoms with Crippen LogP contribution >= 0.6 is 0 Å². The highest BCUT2D eigenvalue weighted by molar-refractivity contribution is 6.28. The van der Waals surface area contributed by atoms with E-state index in [1.54, 1.807) is 66.7 Å². The SMILES string of the molecule is O=C(Nc1ccccc1)C(=Cc1ccccc1OC(F)F)C(=O)Nc1ccccc1. The van der Waals surface area contributed by atoms with Crippen LogP contribution < -0.4 is 15.4 Å². The molecule has 0 heterocycles. The van der Waals surface area contributed by atoms with Crippen molar-refractivity contribution in [3.63, 3.8) is 0 Å². The van der Waals surface area contributed by atoms with Gasteiger partial charge < -0.3 is 15.4 Å². The molecule has 0 fully saturated rings. The zero-order valence-electron chi connectivity index (χ0n) is 15.7. The van der Waals surface area contributed by atoms with Gasteiger partial charge in [0.15, 0.2) is 0 Å². The molecule has 152 valence electrons. The van der Waals surface area contributed by atoms with Crippen LogP contribution in [0.25, 0.3) is 6.08 Å². The minimum atomic E-state index is -3.04. The van der Waals surface area contributed by atoms with Crippen molar-refractivity contribution < 1.29 is 23.1 Å². The molecule has 0 radical (unpaired) electrons. The van der Waals surface area contributed by atoms with E-state index in [4.69, 9.17) is 0 Å². The van der Waals surface area contributed by atoms with E-state index >= 15 is 0 Å². The molecule has 0 aromatic heterocycles. The smallest absolute Gasteiger partial charge is 0.387 e. The predicted octanol–water partition coefficient (Wildman–Crippen LogP) is 4.95. The largest absolute Gasteiger partial charge is 0.434 e. The molecule has 2 N–H and O–H groups in total. The van der Waals surface area contributed by atoms with Crippen molar-refractivity contribution >= 4 is 29.3 Å². The maximum absolute atomic E-state index is 12.9. The van der Waals surface area contributed by atoms with Crippen LogP contribution in [-0.2, 0) is 9.59 Å². The summed E-state index contributed by atoms with van der Waals surface area (Å²) >= 11 is 0. The summed E-state index contributed by atoms with van der Waals surface area (Å²) in [5.41, 5.74) is 0.864. The Balaban J connectivity index is 1.95. The summed E-state index contributed by atoms with van der Waals surface area (Å²) in [6.07, 6.45) is 1.22. The van der Waals surface area contributed by atoms with Gasteiger partial charge in [0.25, 0.3) is 11.8 Å². The third kappa shape index (κ3) is 5.75. The molecular weight excluding hydrogens is 390 g/mol. The molecule has 0 aliphatic carbocycles. The number of rotatable bonds is 7. The molecule has 0 saturated carbocycles. The Morgan fingerprint density at radius 1 is 0.733 bits per heavy atom. The number of halogens is 2. The van der Waals surface area contributed by atoms with Crippen molar-refractivity contribution in [2.75, 3.05) is 10.6 Å². The van der Waals surface area contributed by atoms with Crippen LogP contribution in [0.3, 0.4) is 0 Å². The fourth-order valence-corrected chi connectivity index (χ4v) is 2.63. The van der Waals surface area contributed by atoms with Gasteiger partial charge in [-0.25, -0.2) is 0 Å². The molecule has 0 unspecified atom stereocenters. The highest BCUT2D eigenvalue weighted by Crippen LogP contribution is 2.24. The van der Waals surface area contributed by atoms with Crippen LogP contribution in [-0.4, -0.2) is 18.4 Å². The summed E-state index contributed by atoms with van der Waals surface area (Å²) in [5, 5.41) is 5.26. The minimum absolute atomic E-state index is 0.148. The van der Waals surface area contributed by atoms with E-state index < -0.39 is 18.4 Å². The molecule has 5 nitrogen and oxygen atoms in total. The summed E-state index contributed by atoms with van der Waals surface area (Å²) < 4.78 is 30.0. The molecule has 0 saturated heterocycles. The minimum Gasteiger partial charge on any atom is -0.434 e. The molecule has 0 spiro atoms. The number of nitrogens with one attached hydrogen (secondary N) is 2. The van der Waals surface area contributed by atoms with Crippen molar-refractivity contribution in [3.05, 3.63) is 96.1 Å². The standard InChI is InChI=1S/C23H18F2N2O3/c24-23(25)30-20-14-8-7-9-16(20)15-19(21(28)26-17-10-3-1-4-11-17)22(29)27-18-12-5-2-6-13-18/h1-15,23H,(H,26,28)(H,27,29). The van der Waals surface area contributed by atoms with Crippen LogP contribution in [0.5, 0.6) is 5.75 Å². The first kappa shape index (κ1) is 20.7. The molecule has 3 aromatic rings. The number of carbonyl (C=O) groups excluding carboxylic acids is 2. The lowest BCUT2D eigenvalue weighted by molar-refractivity contribution is -0.118. The normalized spacial score (nSPS) is 10.2. The maximum atomic E-state index is 12.9. The maximum Gasteiger partial charge on any atom is 0.387 e. The second kappa shape index (κ2) is 9.97. The van der Waals surface area contributed by atoms with Gasteiger partial charge in [0.05, 0.1) is 0 Å². The second-order valence-electron chi connectivity index (χ2n) is 6.11. The number of ether oxygens (including phenoxy) is 1. The van der Waals surface area contributed by atoms with Crippen molar-refractivity contribution in [2.45, 2.75) is 6.61 Å². The van der Waals surface area contributed by atoms with E-state index in [1.807, 2.05) is 0 Å². The average molecular weight is 408 g/mol. The Morgan fingerprint density at radius 3 is 1.70 bits per heavy atom. The number of anilines is 2. The van der Waals surface area contributed by atoms with Gasteiger partial charge in [-0.05, 0) is 36.4 Å². The lowest BCUT2D eigenvalue weighted by atomic mass is 10.1. The average Bonchev–Trinajstić information content (AvgIpc) is 2.74. The van der Waals surface area contributed by atoms with Gasteiger partial charge in [-0.1, -0.05) is 54.6 Å². The van der Waals surface area contributed by atoms with E-state index in [0.29, 0.717) is 11.4 Å². The van der Waals surface area contributed by atoms with Gasteiger partial charge in [-0.2, -0.15) is 8.78 Å². The van der Waals surface area contributed by atoms with Gasteiger partial charge >= 0.3 is 6.61 Å². The van der Waals surface area contributed by atoms with Crippen LogP contribution in [0.15, 0.2) is 90.5 Å². The van der Waals surface area contributed by atoms with E-state index in [9.17, 15) is 18.4 Å². The Labute approximate surface area is 172 Å². The molecule has 0 aliphatic heterocycles. The van der Waals surface area contributed by atoms with E-state index in [-0.39, 0.29) is 16.9 Å². The third-order valence-electron chi connectivity index (χ3n) is 3.99. The lowest BCUT2D eigenvalue weighted by Gasteiger charge is -2.12. The van der Waals surface area contributed by atoms with Crippen LogP contribution in [0.1, 0.15) is 5.56 Å². The second-order valence-corrected chi connectivity index (χ2v) is 6.11. The molecule has 2 amide bonds. The fraction of sp³-hybridized carbons (Fsp3) is 0.0435. The van der Waals surface area contributed by atoms with Gasteiger partial charge in [-0.15, -0.1) is 0 Å². The Bertz CT molecular complexity index is 983. The van der Waals surface area contributed by atoms with Crippen LogP contribution in [0, 0.1) is 0 Å². The Kier molecular flexibility index (Phi) is 6.89. The molecule has 30 heavy (non-hydrogen) atoms. The zero-order valence-corrected chi connectivity index (χ0v) is 15.7. The number of hydrogen-bond donors (Lipinski definition) is 2. The molecule has 3 aromatic carbocycles. The number of benzene rings is 3. The van der Waals surface area contributed by atoms with Crippen molar-refractivity contribution in [1.29, 1.82) is 0 Å². The number of hydrogen-bond acceptors (Lipinski definition) is 3. The predicted molar refractivity (Wildman–Crippen MR) is 111 cm³/mol. The van der Waals surface area contributed by atoms with Gasteiger partial charge in [0, 0.05) is 16.9 Å². The number of carbonyl (C=O) groups is 2. The monoisotopic (exact) mass is 408 g/mol. The van der Waals surface area contributed by atoms with E-state index in [1.165, 1.54) is 24.3 Å². The van der Waals surface area contributed by atoms with Crippen molar-refractivity contribution in [3.8, 4) is 5.75 Å². The van der Waals surface area contributed by atoms with Crippen LogP contribution in [0.2, 0.25) is 0 Å². The fourth-order valence-electron chi connectivity index (χ4n) is 2.63. The number of alkyl halides is 2. The summed E-state index contributed by atoms with van der Waals surface area (Å²) in [5.74, 6) is -1.53. The first-order valence-corrected chi connectivity index (χ1v) is 9.01. The van der Waals surface area contributed by atoms with E-state index in [2.05, 4.69) is 15.4 Å². The van der Waals surface area contributed by atoms with Gasteiger partial charge in [-0.3, -0.25) is 9.59 Å². The lowest BCUT2D eigenvalue weighted by Crippen LogP contribution is -2.25. The molecule has 3 rings (SSSR count). The Morgan fingerprint density at radius 2 is 1.20 bits per heavy atom. The van der Waals surface area contributed by atoms with Crippen LogP contribution in [0.4, 0.5) is 20.2 Å². The molecule has 0 bridgehead atoms. The van der Waals surface area contributed by atoms with Gasteiger partial charge in [0.1, 0.15) is 11.3 Å². The Hall–Kier alpha value is -4.00. The number of para-hydroxylation sites is 3. The van der Waals surface area contributed by atoms with Crippen molar-refractivity contribution in [2.24, 2.45) is 0 Å². The quantitative estimate of drug-likeness (QED) is 0.330. The number of amides is 2. The first-order chi connectivity index (χ1) is 14.5.